The van der Waals surface area contributed by atoms with E-state index in [9.17, 15) is 0 Å². The van der Waals surface area contributed by atoms with Gasteiger partial charge in [0.1, 0.15) is 0 Å². The molecule has 1 aromatic rings. The monoisotopic (exact) mass is 305 g/mol. The van der Waals surface area contributed by atoms with Crippen LogP contribution in [-0.4, -0.2) is 26.7 Å². The van der Waals surface area contributed by atoms with E-state index in [1.807, 2.05) is 18.2 Å². The Bertz CT molecular complexity index is 523. The number of ether oxygens (including phenoxy) is 2. The number of rotatable bonds is 6. The maximum atomic E-state index is 6.03. The van der Waals surface area contributed by atoms with Crippen molar-refractivity contribution in [1.82, 2.24) is 0 Å². The van der Waals surface area contributed by atoms with Crippen molar-refractivity contribution in [2.24, 2.45) is 16.1 Å². The van der Waals surface area contributed by atoms with E-state index in [-0.39, 0.29) is 0 Å². The van der Waals surface area contributed by atoms with E-state index in [1.54, 1.807) is 14.2 Å². The number of methoxy groups -OCH3 is 2. The Morgan fingerprint density at radius 1 is 1.23 bits per heavy atom. The number of nitrogens with one attached hydrogen (secondary N) is 1. The Balaban J connectivity index is 2.01. The topological polar surface area (TPSA) is 68.9 Å². The lowest BCUT2D eigenvalue weighted by molar-refractivity contribution is 0.297. The molecule has 122 valence electrons. The molecule has 0 aromatic heterocycles. The van der Waals surface area contributed by atoms with Crippen molar-refractivity contribution in [1.29, 1.82) is 0 Å². The molecule has 1 saturated carbocycles. The highest BCUT2D eigenvalue weighted by Crippen LogP contribution is 2.41. The summed E-state index contributed by atoms with van der Waals surface area (Å²) in [6.45, 7) is 3.05. The largest absolute Gasteiger partial charge is 0.493 e. The Morgan fingerprint density at radius 2 is 1.91 bits per heavy atom. The average Bonchev–Trinajstić information content (AvgIpc) is 3.02. The van der Waals surface area contributed by atoms with Crippen LogP contribution < -0.4 is 20.5 Å². The van der Waals surface area contributed by atoms with E-state index < -0.39 is 0 Å². The first-order valence-corrected chi connectivity index (χ1v) is 7.91. The fourth-order valence-electron chi connectivity index (χ4n) is 3.10. The Hall–Kier alpha value is -1.91. The quantitative estimate of drug-likeness (QED) is 0.624. The number of nitrogens with two attached hydrogens (primary N) is 1. The molecular formula is C17H27N3O2. The van der Waals surface area contributed by atoms with Crippen LogP contribution in [0.4, 0.5) is 5.69 Å². The molecule has 3 N–H and O–H groups in total. The highest BCUT2D eigenvalue weighted by molar-refractivity contribution is 5.92. The van der Waals surface area contributed by atoms with E-state index >= 15 is 0 Å². The number of hydrogen-bond acceptors (Lipinski definition) is 3. The van der Waals surface area contributed by atoms with Crippen molar-refractivity contribution in [2.45, 2.75) is 39.0 Å². The van der Waals surface area contributed by atoms with Crippen LogP contribution in [0, 0.1) is 5.41 Å². The van der Waals surface area contributed by atoms with E-state index in [2.05, 4.69) is 17.2 Å². The van der Waals surface area contributed by atoms with Gasteiger partial charge in [-0.15, -0.1) is 0 Å². The van der Waals surface area contributed by atoms with Gasteiger partial charge in [0.15, 0.2) is 17.5 Å². The third-order valence-corrected chi connectivity index (χ3v) is 4.65. The summed E-state index contributed by atoms with van der Waals surface area (Å²) < 4.78 is 10.5. The molecule has 0 heterocycles. The van der Waals surface area contributed by atoms with E-state index in [0.29, 0.717) is 22.9 Å². The van der Waals surface area contributed by atoms with Gasteiger partial charge in [0.2, 0.25) is 0 Å². The second-order valence-electron chi connectivity index (χ2n) is 5.96. The second-order valence-corrected chi connectivity index (χ2v) is 5.96. The van der Waals surface area contributed by atoms with Crippen molar-refractivity contribution in [3.63, 3.8) is 0 Å². The molecular weight excluding hydrogens is 278 g/mol. The number of benzene rings is 1. The lowest BCUT2D eigenvalue weighted by Gasteiger charge is -2.25. The maximum Gasteiger partial charge on any atom is 0.193 e. The molecule has 1 aliphatic carbocycles. The first-order chi connectivity index (χ1) is 10.6. The SMILES string of the molecule is CCC1(CN=C(N)Nc2ccc(OC)c(OC)c2)CCCC1. The molecule has 2 rings (SSSR count). The van der Waals surface area contributed by atoms with Gasteiger partial charge in [-0.3, -0.25) is 4.99 Å². The Kier molecular flexibility index (Phi) is 5.52. The van der Waals surface area contributed by atoms with Gasteiger partial charge in [0.25, 0.3) is 0 Å². The van der Waals surface area contributed by atoms with E-state index in [0.717, 1.165) is 12.2 Å². The predicted octanol–water partition coefficient (Wildman–Crippen LogP) is 3.40. The van der Waals surface area contributed by atoms with Crippen molar-refractivity contribution >= 4 is 11.6 Å². The molecule has 0 saturated heterocycles. The highest BCUT2D eigenvalue weighted by atomic mass is 16.5. The van der Waals surface area contributed by atoms with Gasteiger partial charge in [-0.05, 0) is 36.8 Å². The number of anilines is 1. The molecule has 0 unspecified atom stereocenters. The molecule has 0 amide bonds. The highest BCUT2D eigenvalue weighted by Gasteiger charge is 2.31. The summed E-state index contributed by atoms with van der Waals surface area (Å²) in [6, 6.07) is 5.60. The van der Waals surface area contributed by atoms with E-state index in [4.69, 9.17) is 15.2 Å². The Labute approximate surface area is 132 Å². The Morgan fingerprint density at radius 3 is 2.50 bits per heavy atom. The van der Waals surface area contributed by atoms with Crippen LogP contribution in [-0.2, 0) is 0 Å². The van der Waals surface area contributed by atoms with E-state index in [1.165, 1.54) is 32.1 Å². The molecule has 1 aromatic carbocycles. The van der Waals surface area contributed by atoms with Crippen LogP contribution in [0.15, 0.2) is 23.2 Å². The second kappa shape index (κ2) is 7.38. The number of aliphatic imine (C=N–C) groups is 1. The minimum atomic E-state index is 0.351. The molecule has 1 aliphatic rings. The van der Waals surface area contributed by atoms with Gasteiger partial charge >= 0.3 is 0 Å². The minimum Gasteiger partial charge on any atom is -0.493 e. The minimum absolute atomic E-state index is 0.351. The first kappa shape index (κ1) is 16.5. The van der Waals surface area contributed by atoms with Crippen molar-refractivity contribution in [3.8, 4) is 11.5 Å². The summed E-state index contributed by atoms with van der Waals surface area (Å²) in [4.78, 5) is 4.55. The molecule has 0 atom stereocenters. The van der Waals surface area contributed by atoms with Crippen molar-refractivity contribution in [2.75, 3.05) is 26.1 Å². The van der Waals surface area contributed by atoms with Crippen molar-refractivity contribution in [3.05, 3.63) is 18.2 Å². The van der Waals surface area contributed by atoms with Gasteiger partial charge < -0.3 is 20.5 Å². The fourth-order valence-corrected chi connectivity index (χ4v) is 3.10. The summed E-state index contributed by atoms with van der Waals surface area (Å²) >= 11 is 0. The van der Waals surface area contributed by atoms with Crippen LogP contribution in [0.1, 0.15) is 39.0 Å². The third kappa shape index (κ3) is 3.84. The molecule has 0 radical (unpaired) electrons. The van der Waals surface area contributed by atoms with Crippen LogP contribution in [0.25, 0.3) is 0 Å². The molecule has 0 bridgehead atoms. The van der Waals surface area contributed by atoms with Gasteiger partial charge in [0, 0.05) is 18.3 Å². The summed E-state index contributed by atoms with van der Waals surface area (Å²) in [5.74, 6) is 1.81. The molecule has 0 aliphatic heterocycles. The zero-order valence-corrected chi connectivity index (χ0v) is 13.8. The van der Waals surface area contributed by atoms with Crippen LogP contribution in [0.3, 0.4) is 0 Å². The summed E-state index contributed by atoms with van der Waals surface area (Å²) in [5.41, 5.74) is 7.22. The molecule has 1 fully saturated rings. The normalized spacial score (nSPS) is 17.3. The maximum absolute atomic E-state index is 6.03. The summed E-state index contributed by atoms with van der Waals surface area (Å²) in [7, 11) is 3.23. The van der Waals surface area contributed by atoms with Crippen LogP contribution >= 0.6 is 0 Å². The lowest BCUT2D eigenvalue weighted by atomic mass is 9.84. The smallest absolute Gasteiger partial charge is 0.193 e. The molecule has 5 nitrogen and oxygen atoms in total. The van der Waals surface area contributed by atoms with Gasteiger partial charge in [-0.1, -0.05) is 19.8 Å². The predicted molar refractivity (Wildman–Crippen MR) is 90.9 cm³/mol. The van der Waals surface area contributed by atoms with Crippen LogP contribution in [0.5, 0.6) is 11.5 Å². The average molecular weight is 305 g/mol. The number of hydrogen-bond donors (Lipinski definition) is 2. The lowest BCUT2D eigenvalue weighted by Crippen LogP contribution is -2.27. The summed E-state index contributed by atoms with van der Waals surface area (Å²) in [5, 5.41) is 3.13. The zero-order chi connectivity index (χ0) is 16.0. The summed E-state index contributed by atoms with van der Waals surface area (Å²) in [6.07, 6.45) is 6.31. The van der Waals surface area contributed by atoms with Gasteiger partial charge in [-0.25, -0.2) is 0 Å². The first-order valence-electron chi connectivity index (χ1n) is 7.91. The molecule has 22 heavy (non-hydrogen) atoms. The van der Waals surface area contributed by atoms with Crippen LogP contribution in [0.2, 0.25) is 0 Å². The zero-order valence-electron chi connectivity index (χ0n) is 13.8. The fraction of sp³-hybridized carbons (Fsp3) is 0.588. The molecule has 0 spiro atoms. The molecule has 5 heteroatoms. The standard InChI is InChI=1S/C17H27N3O2/c1-4-17(9-5-6-10-17)12-19-16(18)20-13-7-8-14(21-2)15(11-13)22-3/h7-8,11H,4-6,9-10,12H2,1-3H3,(H3,18,19,20). The number of guanidine groups is 1. The third-order valence-electron chi connectivity index (χ3n) is 4.65. The van der Waals surface area contributed by atoms with Gasteiger partial charge in [-0.2, -0.15) is 0 Å². The van der Waals surface area contributed by atoms with Crippen molar-refractivity contribution < 1.29 is 9.47 Å². The van der Waals surface area contributed by atoms with Gasteiger partial charge in [0.05, 0.1) is 14.2 Å². The number of nitrogens with zero attached hydrogens (tertiary/aromatic N) is 1.